The zero-order valence-electron chi connectivity index (χ0n) is 15.6. The molecular formula is C21H32O4. The second-order valence-corrected chi connectivity index (χ2v) is 9.75. The summed E-state index contributed by atoms with van der Waals surface area (Å²) in [4.78, 5) is 11.9. The number of rotatable bonds is 2. The zero-order chi connectivity index (χ0) is 17.4. The van der Waals surface area contributed by atoms with Crippen LogP contribution in [0, 0.1) is 23.2 Å². The summed E-state index contributed by atoms with van der Waals surface area (Å²) in [5.74, 6) is 2.01. The molecule has 4 aliphatic carbocycles. The van der Waals surface area contributed by atoms with Crippen LogP contribution in [0.2, 0.25) is 0 Å². The van der Waals surface area contributed by atoms with Crippen molar-refractivity contribution >= 4 is 5.97 Å². The number of carbonyl (C=O) groups excluding carboxylic acids is 1. The lowest BCUT2D eigenvalue weighted by Crippen LogP contribution is -2.54. The quantitative estimate of drug-likeness (QED) is 0.612. The van der Waals surface area contributed by atoms with E-state index >= 15 is 0 Å². The Bertz CT molecular complexity index is 586. The van der Waals surface area contributed by atoms with Crippen molar-refractivity contribution in [2.75, 3.05) is 0 Å². The van der Waals surface area contributed by atoms with Crippen molar-refractivity contribution in [3.8, 4) is 0 Å². The molecule has 4 saturated carbocycles. The molecule has 8 unspecified atom stereocenters. The summed E-state index contributed by atoms with van der Waals surface area (Å²) in [6.07, 6.45) is 10.2. The van der Waals surface area contributed by atoms with Gasteiger partial charge in [0, 0.05) is 18.3 Å². The van der Waals surface area contributed by atoms with E-state index in [0.717, 1.165) is 44.4 Å². The van der Waals surface area contributed by atoms with Gasteiger partial charge < -0.3 is 14.6 Å². The fraction of sp³-hybridized carbons (Fsp3) is 0.952. The molecule has 1 aliphatic heterocycles. The number of hydrogen-bond donors (Lipinski definition) is 1. The molecule has 5 rings (SSSR count). The molecule has 1 saturated heterocycles. The highest BCUT2D eigenvalue weighted by molar-refractivity contribution is 5.69. The number of ether oxygens (including phenoxy) is 2. The zero-order valence-corrected chi connectivity index (χ0v) is 15.6. The number of fused-ring (bicyclic) bond motifs is 3. The van der Waals surface area contributed by atoms with Gasteiger partial charge in [0.05, 0.1) is 6.10 Å². The number of carbonyl (C=O) groups is 1. The summed E-state index contributed by atoms with van der Waals surface area (Å²) in [5, 5.41) is 10.1. The molecule has 0 bridgehead atoms. The normalized spacial score (nSPS) is 56.2. The van der Waals surface area contributed by atoms with Crippen molar-refractivity contribution in [2.24, 2.45) is 23.2 Å². The lowest BCUT2D eigenvalue weighted by Gasteiger charge is -2.53. The first kappa shape index (κ1) is 16.6. The Balaban J connectivity index is 1.39. The third-order valence-electron chi connectivity index (χ3n) is 8.91. The van der Waals surface area contributed by atoms with Crippen LogP contribution in [0.25, 0.3) is 0 Å². The molecule has 1 N–H and O–H groups in total. The van der Waals surface area contributed by atoms with Gasteiger partial charge in [0.15, 0.2) is 0 Å². The maximum atomic E-state index is 11.9. The number of esters is 1. The number of aliphatic hydroxyl groups is 1. The van der Waals surface area contributed by atoms with Gasteiger partial charge in [-0.25, -0.2) is 0 Å². The number of epoxide rings is 1. The van der Waals surface area contributed by atoms with E-state index in [2.05, 4.69) is 6.92 Å². The molecule has 4 nitrogen and oxygen atoms in total. The highest BCUT2D eigenvalue weighted by Crippen LogP contribution is 2.73. The summed E-state index contributed by atoms with van der Waals surface area (Å²) >= 11 is 0. The number of aliphatic hydroxyl groups excluding tert-OH is 1. The second-order valence-electron chi connectivity index (χ2n) is 9.75. The van der Waals surface area contributed by atoms with Gasteiger partial charge in [-0.15, -0.1) is 0 Å². The first-order chi connectivity index (χ1) is 11.9. The second kappa shape index (κ2) is 5.22. The van der Waals surface area contributed by atoms with E-state index in [9.17, 15) is 9.90 Å². The van der Waals surface area contributed by atoms with E-state index in [1.807, 2.05) is 6.92 Å². The van der Waals surface area contributed by atoms with Crippen LogP contribution < -0.4 is 0 Å². The first-order valence-corrected chi connectivity index (χ1v) is 10.5. The van der Waals surface area contributed by atoms with Crippen LogP contribution in [-0.2, 0) is 14.3 Å². The Morgan fingerprint density at radius 2 is 1.96 bits per heavy atom. The van der Waals surface area contributed by atoms with Crippen molar-refractivity contribution in [3.05, 3.63) is 0 Å². The molecule has 25 heavy (non-hydrogen) atoms. The maximum Gasteiger partial charge on any atom is 0.305 e. The van der Waals surface area contributed by atoms with E-state index in [0.29, 0.717) is 18.3 Å². The number of hydrogen-bond acceptors (Lipinski definition) is 4. The molecule has 5 fully saturated rings. The van der Waals surface area contributed by atoms with Gasteiger partial charge in [0.25, 0.3) is 0 Å². The molecule has 0 radical (unpaired) electrons. The Morgan fingerprint density at radius 1 is 1.12 bits per heavy atom. The van der Waals surface area contributed by atoms with Gasteiger partial charge >= 0.3 is 5.97 Å². The smallest absolute Gasteiger partial charge is 0.305 e. The van der Waals surface area contributed by atoms with Crippen molar-refractivity contribution < 1.29 is 19.4 Å². The molecule has 0 spiro atoms. The van der Waals surface area contributed by atoms with Gasteiger partial charge in [0.1, 0.15) is 17.3 Å². The van der Waals surface area contributed by atoms with E-state index in [1.54, 1.807) is 0 Å². The summed E-state index contributed by atoms with van der Waals surface area (Å²) in [6, 6.07) is 0. The van der Waals surface area contributed by atoms with Crippen molar-refractivity contribution in [3.63, 3.8) is 0 Å². The van der Waals surface area contributed by atoms with E-state index in [-0.39, 0.29) is 34.8 Å². The minimum atomic E-state index is -0.162. The van der Waals surface area contributed by atoms with Gasteiger partial charge in [0.2, 0.25) is 0 Å². The van der Waals surface area contributed by atoms with Crippen molar-refractivity contribution in [1.82, 2.24) is 0 Å². The topological polar surface area (TPSA) is 59.1 Å². The molecule has 4 heteroatoms. The predicted molar refractivity (Wildman–Crippen MR) is 92.9 cm³/mol. The fourth-order valence-corrected chi connectivity index (χ4v) is 7.70. The van der Waals surface area contributed by atoms with Gasteiger partial charge in [-0.2, -0.15) is 0 Å². The van der Waals surface area contributed by atoms with Crippen LogP contribution in [0.4, 0.5) is 0 Å². The van der Waals surface area contributed by atoms with Gasteiger partial charge in [-0.05, 0) is 69.1 Å². The highest BCUT2D eigenvalue weighted by Gasteiger charge is 2.78. The Kier molecular flexibility index (Phi) is 3.46. The molecule has 0 aromatic heterocycles. The van der Waals surface area contributed by atoms with E-state index < -0.39 is 0 Å². The van der Waals surface area contributed by atoms with Crippen LogP contribution in [0.1, 0.15) is 78.1 Å². The van der Waals surface area contributed by atoms with Crippen LogP contribution in [0.5, 0.6) is 0 Å². The van der Waals surface area contributed by atoms with Crippen LogP contribution in [-0.4, -0.2) is 34.5 Å². The van der Waals surface area contributed by atoms with E-state index in [4.69, 9.17) is 9.47 Å². The Hall–Kier alpha value is -0.610. The molecular weight excluding hydrogens is 316 g/mol. The molecule has 0 aromatic rings. The van der Waals surface area contributed by atoms with Crippen LogP contribution in [0.15, 0.2) is 0 Å². The van der Waals surface area contributed by atoms with Crippen molar-refractivity contribution in [1.29, 1.82) is 0 Å². The lowest BCUT2D eigenvalue weighted by molar-refractivity contribution is -0.158. The minimum Gasteiger partial charge on any atom is -0.462 e. The molecule has 0 amide bonds. The Labute approximate surface area is 150 Å². The third kappa shape index (κ3) is 2.04. The monoisotopic (exact) mass is 348 g/mol. The SMILES string of the molecule is CCC(=O)OC1CCC2C3CCC45CC(O)CCC4(O5)C3CCC12C. The first-order valence-electron chi connectivity index (χ1n) is 10.5. The molecule has 140 valence electrons. The predicted octanol–water partition coefficient (Wildman–Crippen LogP) is 3.60. The van der Waals surface area contributed by atoms with Gasteiger partial charge in [-0.3, -0.25) is 4.79 Å². The molecule has 0 aromatic carbocycles. The lowest BCUT2D eigenvalue weighted by atomic mass is 9.50. The average molecular weight is 348 g/mol. The van der Waals surface area contributed by atoms with Crippen LogP contribution >= 0.6 is 0 Å². The molecule has 5 aliphatic rings. The van der Waals surface area contributed by atoms with Gasteiger partial charge in [-0.1, -0.05) is 13.8 Å². The summed E-state index contributed by atoms with van der Waals surface area (Å²) in [6.45, 7) is 4.27. The fourth-order valence-electron chi connectivity index (χ4n) is 7.70. The average Bonchev–Trinajstić information content (AvgIpc) is 3.18. The van der Waals surface area contributed by atoms with Crippen LogP contribution in [0.3, 0.4) is 0 Å². The minimum absolute atomic E-state index is 0.00621. The summed E-state index contributed by atoms with van der Waals surface area (Å²) < 4.78 is 12.4. The van der Waals surface area contributed by atoms with E-state index in [1.165, 1.54) is 19.3 Å². The highest BCUT2D eigenvalue weighted by atomic mass is 16.6. The standard InChI is InChI=1S/C21H32O4/c1-3-18(23)24-17-5-4-15-14-7-10-20-12-13(22)6-11-21(20,25-20)16(14)8-9-19(15,17)2/h13-17,22H,3-12H2,1-2H3. The largest absolute Gasteiger partial charge is 0.462 e. The third-order valence-corrected chi connectivity index (χ3v) is 8.91. The Morgan fingerprint density at radius 3 is 2.76 bits per heavy atom. The summed E-state index contributed by atoms with van der Waals surface area (Å²) in [5.41, 5.74) is 0.243. The van der Waals surface area contributed by atoms with Crippen molar-refractivity contribution in [2.45, 2.75) is 101 Å². The molecule has 1 heterocycles. The summed E-state index contributed by atoms with van der Waals surface area (Å²) in [7, 11) is 0. The molecule has 8 atom stereocenters. The maximum absolute atomic E-state index is 11.9.